The number of halogens is 1. The number of piperazine rings is 1. The highest BCUT2D eigenvalue weighted by atomic mass is 35.5. The van der Waals surface area contributed by atoms with Gasteiger partial charge in [-0.05, 0) is 31.3 Å². The molecule has 3 aromatic heterocycles. The number of pyridine rings is 1. The van der Waals surface area contributed by atoms with Gasteiger partial charge in [-0.2, -0.15) is 0 Å². The SMILES string of the molecule is C=CC(=O)Nc1cc(Nc2ncc(Cl)c(-c3cnc4c(ccn4C)c3)n2)c(OC)cc1N1CCN(C)CC1. The highest BCUT2D eigenvalue weighted by Gasteiger charge is 2.21. The van der Waals surface area contributed by atoms with Crippen LogP contribution in [0.15, 0.2) is 55.5 Å². The van der Waals surface area contributed by atoms with Gasteiger partial charge in [0, 0.05) is 62.6 Å². The first-order valence-corrected chi connectivity index (χ1v) is 12.5. The van der Waals surface area contributed by atoms with E-state index in [-0.39, 0.29) is 5.91 Å². The number of methoxy groups -OCH3 is 1. The first-order valence-electron chi connectivity index (χ1n) is 12.2. The van der Waals surface area contributed by atoms with Gasteiger partial charge in [0.2, 0.25) is 11.9 Å². The number of benzene rings is 1. The molecule has 196 valence electrons. The molecule has 0 saturated carbocycles. The molecule has 1 aliphatic heterocycles. The second kappa shape index (κ2) is 10.7. The van der Waals surface area contributed by atoms with Crippen molar-refractivity contribution in [2.45, 2.75) is 0 Å². The number of ether oxygens (including phenoxy) is 1. The molecular weight excluding hydrogens is 504 g/mol. The van der Waals surface area contributed by atoms with Crippen molar-refractivity contribution in [1.29, 1.82) is 0 Å². The lowest BCUT2D eigenvalue weighted by molar-refractivity contribution is -0.111. The molecule has 0 radical (unpaired) electrons. The number of carbonyl (C=O) groups excluding carboxylic acids is 1. The van der Waals surface area contributed by atoms with E-state index in [1.165, 1.54) is 6.08 Å². The summed E-state index contributed by atoms with van der Waals surface area (Å²) in [5.74, 6) is 0.609. The lowest BCUT2D eigenvalue weighted by Gasteiger charge is -2.35. The van der Waals surface area contributed by atoms with Gasteiger partial charge in [0.1, 0.15) is 11.4 Å². The maximum atomic E-state index is 12.3. The van der Waals surface area contributed by atoms with Crippen molar-refractivity contribution in [2.75, 3.05) is 55.9 Å². The van der Waals surface area contributed by atoms with E-state index in [4.69, 9.17) is 16.3 Å². The van der Waals surface area contributed by atoms with Gasteiger partial charge in [-0.3, -0.25) is 4.79 Å². The number of carbonyl (C=O) groups is 1. The molecule has 11 heteroatoms. The molecule has 0 bridgehead atoms. The van der Waals surface area contributed by atoms with Crippen LogP contribution in [0.5, 0.6) is 5.75 Å². The Bertz CT molecular complexity index is 1510. The second-order valence-electron chi connectivity index (χ2n) is 9.13. The normalized spacial score (nSPS) is 13.9. The Morgan fingerprint density at radius 2 is 1.89 bits per heavy atom. The van der Waals surface area contributed by atoms with Crippen LogP contribution in [0.25, 0.3) is 22.3 Å². The van der Waals surface area contributed by atoms with Crippen molar-refractivity contribution in [1.82, 2.24) is 24.4 Å². The van der Waals surface area contributed by atoms with Crippen molar-refractivity contribution in [3.05, 3.63) is 60.5 Å². The standard InChI is InChI=1S/C27H29ClN8O2/c1-5-24(37)31-20-13-21(23(38-4)14-22(20)36-10-8-34(2)9-11-36)32-27-30-16-19(28)25(33-27)18-12-17-6-7-35(3)26(17)29-15-18/h5-7,12-16H,1,8-11H2,2-4H3,(H,31,37)(H,30,32,33). The molecule has 1 aliphatic rings. The van der Waals surface area contributed by atoms with E-state index in [1.807, 2.05) is 42.1 Å². The number of likely N-dealkylation sites (N-methyl/N-ethyl adjacent to an activating group) is 1. The van der Waals surface area contributed by atoms with Crippen LogP contribution in [0.2, 0.25) is 5.02 Å². The zero-order chi connectivity index (χ0) is 26.8. The van der Waals surface area contributed by atoms with Crippen LogP contribution in [0, 0.1) is 0 Å². The zero-order valence-corrected chi connectivity index (χ0v) is 22.3. The van der Waals surface area contributed by atoms with Gasteiger partial charge in [0.25, 0.3) is 0 Å². The highest BCUT2D eigenvalue weighted by Crippen LogP contribution is 2.39. The number of anilines is 4. The monoisotopic (exact) mass is 532 g/mol. The molecule has 1 fully saturated rings. The molecule has 38 heavy (non-hydrogen) atoms. The number of nitrogens with zero attached hydrogens (tertiary/aromatic N) is 6. The molecule has 1 aromatic carbocycles. The lowest BCUT2D eigenvalue weighted by atomic mass is 10.1. The quantitative estimate of drug-likeness (QED) is 0.340. The van der Waals surface area contributed by atoms with Crippen LogP contribution in [-0.2, 0) is 11.8 Å². The van der Waals surface area contributed by atoms with E-state index < -0.39 is 0 Å². The molecule has 5 rings (SSSR count). The second-order valence-corrected chi connectivity index (χ2v) is 9.54. The average molecular weight is 533 g/mol. The van der Waals surface area contributed by atoms with Gasteiger partial charge in [0.15, 0.2) is 0 Å². The van der Waals surface area contributed by atoms with Crippen molar-refractivity contribution in [2.24, 2.45) is 7.05 Å². The predicted octanol–water partition coefficient (Wildman–Crippen LogP) is 4.31. The number of hydrogen-bond donors (Lipinski definition) is 2. The van der Waals surface area contributed by atoms with Crippen LogP contribution in [0.3, 0.4) is 0 Å². The summed E-state index contributed by atoms with van der Waals surface area (Å²) in [6.45, 7) is 7.08. The number of aromatic nitrogens is 4. The largest absolute Gasteiger partial charge is 0.494 e. The molecule has 4 aromatic rings. The van der Waals surface area contributed by atoms with Crippen LogP contribution >= 0.6 is 11.6 Å². The zero-order valence-electron chi connectivity index (χ0n) is 21.5. The van der Waals surface area contributed by atoms with Crippen molar-refractivity contribution in [3.63, 3.8) is 0 Å². The molecule has 0 aliphatic carbocycles. The number of aryl methyl sites for hydroxylation is 1. The molecular formula is C27H29ClN8O2. The van der Waals surface area contributed by atoms with Gasteiger partial charge in [-0.15, -0.1) is 0 Å². The van der Waals surface area contributed by atoms with E-state index in [0.29, 0.717) is 33.8 Å². The number of nitrogens with one attached hydrogen (secondary N) is 2. The summed E-state index contributed by atoms with van der Waals surface area (Å²) in [4.78, 5) is 30.4. The minimum atomic E-state index is -0.301. The van der Waals surface area contributed by atoms with Crippen LogP contribution < -0.4 is 20.3 Å². The molecule has 0 spiro atoms. The molecule has 0 atom stereocenters. The summed E-state index contributed by atoms with van der Waals surface area (Å²) >= 11 is 6.49. The number of fused-ring (bicyclic) bond motifs is 1. The van der Waals surface area contributed by atoms with Crippen molar-refractivity contribution in [3.8, 4) is 17.0 Å². The number of amides is 1. The molecule has 4 heterocycles. The Morgan fingerprint density at radius 3 is 2.63 bits per heavy atom. The van der Waals surface area contributed by atoms with E-state index in [2.05, 4.69) is 49.0 Å². The van der Waals surface area contributed by atoms with Crippen LogP contribution in [0.4, 0.5) is 23.0 Å². The summed E-state index contributed by atoms with van der Waals surface area (Å²) in [6.07, 6.45) is 6.50. The van der Waals surface area contributed by atoms with E-state index in [1.54, 1.807) is 19.5 Å². The summed E-state index contributed by atoms with van der Waals surface area (Å²) < 4.78 is 7.67. The first kappa shape index (κ1) is 25.5. The smallest absolute Gasteiger partial charge is 0.247 e. The van der Waals surface area contributed by atoms with E-state index in [0.717, 1.165) is 48.5 Å². The van der Waals surface area contributed by atoms with Gasteiger partial charge in [-0.25, -0.2) is 15.0 Å². The van der Waals surface area contributed by atoms with E-state index >= 15 is 0 Å². The Balaban J connectivity index is 1.51. The molecule has 1 amide bonds. The first-order chi connectivity index (χ1) is 18.4. The van der Waals surface area contributed by atoms with Gasteiger partial charge in [-0.1, -0.05) is 18.2 Å². The van der Waals surface area contributed by atoms with E-state index in [9.17, 15) is 4.79 Å². The molecule has 0 unspecified atom stereocenters. The summed E-state index contributed by atoms with van der Waals surface area (Å²) in [7, 11) is 5.65. The average Bonchev–Trinajstić information content (AvgIpc) is 3.30. The Morgan fingerprint density at radius 1 is 1.11 bits per heavy atom. The fraction of sp³-hybridized carbons (Fsp3) is 0.259. The summed E-state index contributed by atoms with van der Waals surface area (Å²) in [5.41, 5.74) is 4.30. The number of hydrogen-bond acceptors (Lipinski definition) is 8. The van der Waals surface area contributed by atoms with Crippen LogP contribution in [-0.4, -0.2) is 70.7 Å². The van der Waals surface area contributed by atoms with Crippen LogP contribution in [0.1, 0.15) is 0 Å². The third kappa shape index (κ3) is 5.13. The Hall–Kier alpha value is -4.15. The van der Waals surface area contributed by atoms with Gasteiger partial charge in [0.05, 0.1) is 41.1 Å². The van der Waals surface area contributed by atoms with Crippen molar-refractivity contribution < 1.29 is 9.53 Å². The molecule has 1 saturated heterocycles. The fourth-order valence-corrected chi connectivity index (χ4v) is 4.66. The Labute approximate surface area is 225 Å². The topological polar surface area (TPSA) is 100 Å². The molecule has 2 N–H and O–H groups in total. The summed E-state index contributed by atoms with van der Waals surface area (Å²) in [6, 6.07) is 7.72. The third-order valence-corrected chi connectivity index (χ3v) is 6.85. The fourth-order valence-electron chi connectivity index (χ4n) is 4.46. The maximum Gasteiger partial charge on any atom is 0.247 e. The summed E-state index contributed by atoms with van der Waals surface area (Å²) in [5, 5.41) is 7.56. The predicted molar refractivity (Wildman–Crippen MR) is 152 cm³/mol. The Kier molecular flexibility index (Phi) is 7.17. The van der Waals surface area contributed by atoms with Gasteiger partial charge < -0.3 is 29.7 Å². The highest BCUT2D eigenvalue weighted by molar-refractivity contribution is 6.33. The van der Waals surface area contributed by atoms with Gasteiger partial charge >= 0.3 is 0 Å². The third-order valence-electron chi connectivity index (χ3n) is 6.58. The minimum absolute atomic E-state index is 0.301. The lowest BCUT2D eigenvalue weighted by Crippen LogP contribution is -2.44. The maximum absolute atomic E-state index is 12.3. The minimum Gasteiger partial charge on any atom is -0.494 e. The van der Waals surface area contributed by atoms with Crippen molar-refractivity contribution >= 4 is 51.6 Å². The molecule has 10 nitrogen and oxygen atoms in total. The number of rotatable bonds is 7.